The lowest BCUT2D eigenvalue weighted by Gasteiger charge is -2.09. The predicted molar refractivity (Wildman–Crippen MR) is 139 cm³/mol. The molecule has 0 spiro atoms. The Bertz CT molecular complexity index is 1570. The van der Waals surface area contributed by atoms with Gasteiger partial charge in [-0.05, 0) is 73.2 Å². The van der Waals surface area contributed by atoms with Crippen LogP contribution in [0.5, 0.6) is 5.75 Å². The number of benzene rings is 3. The molecule has 5 aromatic rings. The number of nitrogens with zero attached hydrogens (tertiary/aromatic N) is 3. The maximum Gasteiger partial charge on any atom is 0.254 e. The third kappa shape index (κ3) is 4.97. The lowest BCUT2D eigenvalue weighted by molar-refractivity contribution is -0.116. The average Bonchev–Trinajstić information content (AvgIpc) is 3.29. The highest BCUT2D eigenvalue weighted by molar-refractivity contribution is 7.21. The fraction of sp³-hybridized carbons (Fsp3) is 0.111. The number of anilines is 1. The van der Waals surface area contributed by atoms with Crippen LogP contribution in [0.25, 0.3) is 32.0 Å². The van der Waals surface area contributed by atoms with Crippen molar-refractivity contribution in [1.82, 2.24) is 14.5 Å². The summed E-state index contributed by atoms with van der Waals surface area (Å²) < 4.78 is 7.58. The Hall–Kier alpha value is -4.30. The van der Waals surface area contributed by atoms with Crippen molar-refractivity contribution in [2.24, 2.45) is 0 Å². The lowest BCUT2D eigenvalue weighted by atomic mass is 10.1. The second kappa shape index (κ2) is 9.52. The third-order valence-corrected chi connectivity index (χ3v) is 6.61. The van der Waals surface area contributed by atoms with Gasteiger partial charge in [-0.25, -0.2) is 9.97 Å². The summed E-state index contributed by atoms with van der Waals surface area (Å²) in [4.78, 5) is 34.1. The number of rotatable bonds is 6. The van der Waals surface area contributed by atoms with Gasteiger partial charge in [0.05, 0.1) is 29.3 Å². The summed E-state index contributed by atoms with van der Waals surface area (Å²) in [5.74, 6) is 0.413. The van der Waals surface area contributed by atoms with E-state index in [1.165, 1.54) is 22.5 Å². The van der Waals surface area contributed by atoms with Crippen molar-refractivity contribution >= 4 is 33.1 Å². The Kier molecular flexibility index (Phi) is 6.12. The number of nitrogens with one attached hydrogen (secondary N) is 1. The van der Waals surface area contributed by atoms with Gasteiger partial charge < -0.3 is 10.1 Å². The van der Waals surface area contributed by atoms with E-state index in [2.05, 4.69) is 29.4 Å². The summed E-state index contributed by atoms with van der Waals surface area (Å²) in [6, 6.07) is 22.4. The van der Waals surface area contributed by atoms with Crippen LogP contribution in [0.3, 0.4) is 0 Å². The van der Waals surface area contributed by atoms with Gasteiger partial charge in [-0.3, -0.25) is 14.2 Å². The quantitative estimate of drug-likeness (QED) is 0.362. The molecule has 0 aliphatic carbocycles. The molecular weight excluding hydrogens is 460 g/mol. The van der Waals surface area contributed by atoms with Gasteiger partial charge in [-0.15, -0.1) is 11.3 Å². The van der Waals surface area contributed by atoms with E-state index in [4.69, 9.17) is 9.72 Å². The highest BCUT2D eigenvalue weighted by atomic mass is 32.1. The van der Waals surface area contributed by atoms with Gasteiger partial charge in [0, 0.05) is 22.9 Å². The fourth-order valence-electron chi connectivity index (χ4n) is 3.67. The molecule has 5 rings (SSSR count). The first-order valence-electron chi connectivity index (χ1n) is 11.0. The number of amides is 1. The van der Waals surface area contributed by atoms with Gasteiger partial charge in [0.2, 0.25) is 5.91 Å². The first-order chi connectivity index (χ1) is 17.0. The number of carbonyl (C=O) groups excluding carboxylic acids is 1. The molecule has 3 aromatic carbocycles. The zero-order chi connectivity index (χ0) is 24.4. The molecule has 0 aliphatic rings. The number of aryl methyl sites for hydroxylation is 1. The second-order valence-electron chi connectivity index (χ2n) is 8.08. The molecule has 0 fully saturated rings. The van der Waals surface area contributed by atoms with E-state index in [1.54, 1.807) is 30.6 Å². The van der Waals surface area contributed by atoms with Gasteiger partial charge in [0.25, 0.3) is 5.56 Å². The largest absolute Gasteiger partial charge is 0.497 e. The molecule has 2 heterocycles. The van der Waals surface area contributed by atoms with E-state index in [1.807, 2.05) is 42.5 Å². The first kappa shape index (κ1) is 22.5. The lowest BCUT2D eigenvalue weighted by Crippen LogP contribution is -2.27. The van der Waals surface area contributed by atoms with Crippen LogP contribution in [0, 0.1) is 6.92 Å². The van der Waals surface area contributed by atoms with Crippen molar-refractivity contribution in [3.8, 4) is 27.6 Å². The van der Waals surface area contributed by atoms with Crippen LogP contribution in [0.4, 0.5) is 5.69 Å². The summed E-state index contributed by atoms with van der Waals surface area (Å²) in [6.45, 7) is 1.93. The topological polar surface area (TPSA) is 86.1 Å². The maximum atomic E-state index is 12.5. The predicted octanol–water partition coefficient (Wildman–Crippen LogP) is 5.14. The molecule has 0 atom stereocenters. The van der Waals surface area contributed by atoms with Crippen molar-refractivity contribution in [2.75, 3.05) is 12.4 Å². The molecule has 1 N–H and O–H groups in total. The van der Waals surface area contributed by atoms with Gasteiger partial charge in [-0.2, -0.15) is 0 Å². The number of fused-ring (bicyclic) bond motifs is 1. The Balaban J connectivity index is 1.25. The summed E-state index contributed by atoms with van der Waals surface area (Å²) in [7, 11) is 1.59. The first-order valence-corrected chi connectivity index (χ1v) is 11.8. The minimum Gasteiger partial charge on any atom is -0.497 e. The minimum atomic E-state index is -0.311. The highest BCUT2D eigenvalue weighted by Crippen LogP contribution is 2.31. The summed E-state index contributed by atoms with van der Waals surface area (Å²) in [5, 5.41) is 3.76. The second-order valence-corrected chi connectivity index (χ2v) is 9.12. The number of methoxy groups -OCH3 is 1. The van der Waals surface area contributed by atoms with Gasteiger partial charge in [0.15, 0.2) is 0 Å². The number of carbonyl (C=O) groups is 1. The Morgan fingerprint density at radius 1 is 1.00 bits per heavy atom. The van der Waals surface area contributed by atoms with Crippen LogP contribution in [0.2, 0.25) is 0 Å². The van der Waals surface area contributed by atoms with Crippen LogP contribution in [-0.4, -0.2) is 27.6 Å². The molecule has 0 unspecified atom stereocenters. The zero-order valence-electron chi connectivity index (χ0n) is 19.2. The molecular formula is C27H22N4O3S. The maximum absolute atomic E-state index is 12.5. The van der Waals surface area contributed by atoms with E-state index < -0.39 is 0 Å². The molecule has 0 aliphatic heterocycles. The van der Waals surface area contributed by atoms with E-state index in [0.717, 1.165) is 32.1 Å². The van der Waals surface area contributed by atoms with Crippen molar-refractivity contribution in [2.45, 2.75) is 13.5 Å². The molecule has 35 heavy (non-hydrogen) atoms. The Morgan fingerprint density at radius 3 is 2.46 bits per heavy atom. The molecule has 174 valence electrons. The Morgan fingerprint density at radius 2 is 1.74 bits per heavy atom. The third-order valence-electron chi connectivity index (χ3n) is 5.54. The molecule has 0 saturated heterocycles. The molecule has 0 radical (unpaired) electrons. The van der Waals surface area contributed by atoms with Crippen LogP contribution in [0.1, 0.15) is 5.56 Å². The SMILES string of the molecule is COc1ccc(-c2cc(=O)n(CC(=O)Nc3ccc(-c4nc5ccc(C)cc5s4)cc3)cn2)cc1. The van der Waals surface area contributed by atoms with Crippen LogP contribution in [0.15, 0.2) is 83.9 Å². The smallest absolute Gasteiger partial charge is 0.254 e. The van der Waals surface area contributed by atoms with Crippen LogP contribution < -0.4 is 15.6 Å². The number of thiazole rings is 1. The van der Waals surface area contributed by atoms with Crippen molar-refractivity contribution < 1.29 is 9.53 Å². The summed E-state index contributed by atoms with van der Waals surface area (Å²) in [6.07, 6.45) is 1.39. The van der Waals surface area contributed by atoms with Crippen molar-refractivity contribution in [3.63, 3.8) is 0 Å². The van der Waals surface area contributed by atoms with Gasteiger partial charge in [0.1, 0.15) is 17.3 Å². The van der Waals surface area contributed by atoms with Crippen molar-refractivity contribution in [3.05, 3.63) is 95.0 Å². The molecule has 1 amide bonds. The van der Waals surface area contributed by atoms with Gasteiger partial charge in [-0.1, -0.05) is 6.07 Å². The average molecular weight is 483 g/mol. The molecule has 2 aromatic heterocycles. The fourth-order valence-corrected chi connectivity index (χ4v) is 4.74. The molecule has 0 saturated carbocycles. The van der Waals surface area contributed by atoms with E-state index >= 15 is 0 Å². The number of aromatic nitrogens is 3. The van der Waals surface area contributed by atoms with E-state index in [-0.39, 0.29) is 18.0 Å². The summed E-state index contributed by atoms with van der Waals surface area (Å²) >= 11 is 1.64. The summed E-state index contributed by atoms with van der Waals surface area (Å²) in [5.41, 5.74) is 4.84. The van der Waals surface area contributed by atoms with E-state index in [9.17, 15) is 9.59 Å². The number of hydrogen-bond donors (Lipinski definition) is 1. The van der Waals surface area contributed by atoms with Gasteiger partial charge >= 0.3 is 0 Å². The monoisotopic (exact) mass is 482 g/mol. The van der Waals surface area contributed by atoms with Crippen LogP contribution >= 0.6 is 11.3 Å². The minimum absolute atomic E-state index is 0.131. The van der Waals surface area contributed by atoms with Crippen LogP contribution in [-0.2, 0) is 11.3 Å². The highest BCUT2D eigenvalue weighted by Gasteiger charge is 2.10. The standard InChI is InChI=1S/C27H22N4O3S/c1-17-3-12-22-24(13-17)35-27(30-22)19-4-8-20(9-5-19)29-25(32)15-31-16-28-23(14-26(31)33)18-6-10-21(34-2)11-7-18/h3-14,16H,15H2,1-2H3,(H,29,32). The Labute approximate surface area is 205 Å². The van der Waals surface area contributed by atoms with E-state index in [0.29, 0.717) is 11.4 Å². The zero-order valence-corrected chi connectivity index (χ0v) is 20.0. The molecule has 7 nitrogen and oxygen atoms in total. The van der Waals surface area contributed by atoms with Crippen molar-refractivity contribution in [1.29, 1.82) is 0 Å². The number of ether oxygens (including phenoxy) is 1. The molecule has 8 heteroatoms. The number of hydrogen-bond acceptors (Lipinski definition) is 6. The molecule has 0 bridgehead atoms. The normalized spacial score (nSPS) is 10.9.